The van der Waals surface area contributed by atoms with Gasteiger partial charge in [0.2, 0.25) is 10.0 Å². The van der Waals surface area contributed by atoms with Crippen LogP contribution in [0.15, 0.2) is 48.5 Å². The number of nitrogens with zero attached hydrogens (tertiary/aromatic N) is 3. The van der Waals surface area contributed by atoms with Crippen molar-refractivity contribution in [1.29, 1.82) is 0 Å². The molecule has 0 amide bonds. The van der Waals surface area contributed by atoms with E-state index in [1.807, 2.05) is 30.3 Å². The minimum atomic E-state index is -3.57. The van der Waals surface area contributed by atoms with E-state index in [4.69, 9.17) is 14.3 Å². The van der Waals surface area contributed by atoms with Crippen LogP contribution in [0.5, 0.6) is 11.5 Å². The summed E-state index contributed by atoms with van der Waals surface area (Å²) in [6.45, 7) is 3.31. The summed E-state index contributed by atoms with van der Waals surface area (Å²) in [6.07, 6.45) is 0. The van der Waals surface area contributed by atoms with Gasteiger partial charge < -0.3 is 9.47 Å². The van der Waals surface area contributed by atoms with Gasteiger partial charge in [-0.25, -0.2) is 8.42 Å². The van der Waals surface area contributed by atoms with Crippen LogP contribution >= 0.6 is 0 Å². The van der Waals surface area contributed by atoms with E-state index in [1.54, 1.807) is 36.7 Å². The molecular weight excluding hydrogens is 430 g/mol. The first-order valence-corrected chi connectivity index (χ1v) is 12.3. The Kier molecular flexibility index (Phi) is 7.02. The Hall–Kier alpha value is -2.17. The van der Waals surface area contributed by atoms with E-state index in [2.05, 4.69) is 17.0 Å². The Balaban J connectivity index is 1.49. The number of methoxy groups -OCH3 is 2. The van der Waals surface area contributed by atoms with Crippen molar-refractivity contribution in [2.24, 2.45) is 0 Å². The Bertz CT molecular complexity index is 987. The molecule has 0 spiro atoms. The van der Waals surface area contributed by atoms with Gasteiger partial charge in [0.05, 0.1) is 26.9 Å². The number of hydrogen-bond acceptors (Lipinski definition) is 7. The van der Waals surface area contributed by atoms with Gasteiger partial charge in [-0.15, -0.1) is 0 Å². The normalized spacial score (nSPS) is 23.3. The molecule has 0 aromatic heterocycles. The molecule has 2 atom stereocenters. The first-order valence-electron chi connectivity index (χ1n) is 10.8. The Morgan fingerprint density at radius 3 is 2.19 bits per heavy atom. The molecule has 32 heavy (non-hydrogen) atoms. The van der Waals surface area contributed by atoms with Crippen LogP contribution in [-0.4, -0.2) is 82.0 Å². The zero-order valence-electron chi connectivity index (χ0n) is 18.8. The predicted octanol–water partition coefficient (Wildman–Crippen LogP) is 2.14. The highest BCUT2D eigenvalue weighted by Crippen LogP contribution is 2.38. The zero-order chi connectivity index (χ0) is 22.7. The van der Waals surface area contributed by atoms with E-state index in [0.717, 1.165) is 12.1 Å². The molecule has 0 N–H and O–H groups in total. The molecule has 2 fully saturated rings. The summed E-state index contributed by atoms with van der Waals surface area (Å²) in [5.41, 5.74) is 2.03. The van der Waals surface area contributed by atoms with Gasteiger partial charge in [-0.3, -0.25) is 9.74 Å². The lowest BCUT2D eigenvalue weighted by Gasteiger charge is -2.36. The third-order valence-corrected chi connectivity index (χ3v) is 8.47. The molecule has 2 aromatic carbocycles. The van der Waals surface area contributed by atoms with Crippen molar-refractivity contribution in [2.45, 2.75) is 17.8 Å². The summed E-state index contributed by atoms with van der Waals surface area (Å²) >= 11 is 0. The Labute approximate surface area is 190 Å². The number of rotatable bonds is 7. The van der Waals surface area contributed by atoms with Gasteiger partial charge in [-0.1, -0.05) is 30.3 Å². The minimum absolute atomic E-state index is 0.118. The number of hydroxylamine groups is 2. The molecule has 2 saturated heterocycles. The topological polar surface area (TPSA) is 71.5 Å². The van der Waals surface area contributed by atoms with Crippen LogP contribution in [0.2, 0.25) is 0 Å². The average molecular weight is 462 g/mol. The molecule has 2 heterocycles. The molecule has 0 radical (unpaired) electrons. The van der Waals surface area contributed by atoms with E-state index in [-0.39, 0.29) is 6.61 Å². The second-order valence-electron chi connectivity index (χ2n) is 8.18. The van der Waals surface area contributed by atoms with Gasteiger partial charge in [-0.05, 0) is 23.3 Å². The molecule has 4 rings (SSSR count). The van der Waals surface area contributed by atoms with Crippen LogP contribution in [-0.2, 0) is 21.4 Å². The predicted molar refractivity (Wildman–Crippen MR) is 122 cm³/mol. The van der Waals surface area contributed by atoms with Crippen molar-refractivity contribution in [2.75, 3.05) is 54.1 Å². The summed E-state index contributed by atoms with van der Waals surface area (Å²) in [5.74, 6) is 1.23. The third kappa shape index (κ3) is 4.77. The van der Waals surface area contributed by atoms with Crippen LogP contribution < -0.4 is 9.47 Å². The number of benzene rings is 2. The lowest BCUT2D eigenvalue weighted by molar-refractivity contribution is -0.110. The van der Waals surface area contributed by atoms with Gasteiger partial charge in [-0.2, -0.15) is 9.37 Å². The number of hydrogen-bond donors (Lipinski definition) is 0. The zero-order valence-corrected chi connectivity index (χ0v) is 19.6. The maximum absolute atomic E-state index is 13.6. The number of piperazine rings is 1. The van der Waals surface area contributed by atoms with E-state index >= 15 is 0 Å². The van der Waals surface area contributed by atoms with Gasteiger partial charge >= 0.3 is 0 Å². The number of sulfonamides is 1. The monoisotopic (exact) mass is 461 g/mol. The largest absolute Gasteiger partial charge is 0.497 e. The molecule has 8 nitrogen and oxygen atoms in total. The lowest BCUT2D eigenvalue weighted by atomic mass is 10.0. The smallest absolute Gasteiger partial charge is 0.221 e. The Morgan fingerprint density at radius 2 is 1.59 bits per heavy atom. The summed E-state index contributed by atoms with van der Waals surface area (Å²) in [7, 11) is 1.36. The van der Waals surface area contributed by atoms with Crippen LogP contribution in [0.4, 0.5) is 0 Å². The third-order valence-electron chi connectivity index (χ3n) is 6.22. The quantitative estimate of drug-likeness (QED) is 0.626. The average Bonchev–Trinajstić information content (AvgIpc) is 3.22. The van der Waals surface area contributed by atoms with Crippen molar-refractivity contribution >= 4 is 10.0 Å². The summed E-state index contributed by atoms with van der Waals surface area (Å²) in [6, 6.07) is 15.3. The van der Waals surface area contributed by atoms with Crippen molar-refractivity contribution in [3.05, 3.63) is 59.7 Å². The molecular formula is C23H31N3O5S. The lowest BCUT2D eigenvalue weighted by Crippen LogP contribution is -2.51. The van der Waals surface area contributed by atoms with Crippen molar-refractivity contribution in [3.63, 3.8) is 0 Å². The minimum Gasteiger partial charge on any atom is -0.497 e. The molecule has 174 valence electrons. The first-order chi connectivity index (χ1) is 15.4. The first kappa shape index (κ1) is 23.0. The Morgan fingerprint density at radius 1 is 0.969 bits per heavy atom. The highest BCUT2D eigenvalue weighted by Gasteiger charge is 2.46. The molecule has 0 bridgehead atoms. The highest BCUT2D eigenvalue weighted by atomic mass is 32.2. The van der Waals surface area contributed by atoms with Gasteiger partial charge in [0.1, 0.15) is 16.7 Å². The maximum Gasteiger partial charge on any atom is 0.221 e. The van der Waals surface area contributed by atoms with Gasteiger partial charge in [0.15, 0.2) is 0 Å². The standard InChI is InChI=1S/C23H31N3O5S/c1-24-23(19-13-20(29-2)15-21(14-19)30-3)22(17-31-24)32(27,28)26-11-9-25(10-12-26)16-18-7-5-4-6-8-18/h4-8,13-15,22-23H,9-12,16-17H2,1-3H3/t22-,23+/m0/s1. The molecule has 9 heteroatoms. The van der Waals surface area contributed by atoms with Crippen LogP contribution in [0, 0.1) is 0 Å². The van der Waals surface area contributed by atoms with Crippen LogP contribution in [0.3, 0.4) is 0 Å². The molecule has 2 aliphatic heterocycles. The van der Waals surface area contributed by atoms with E-state index in [1.165, 1.54) is 5.56 Å². The van der Waals surface area contributed by atoms with Crippen molar-refractivity contribution in [1.82, 2.24) is 14.3 Å². The van der Waals surface area contributed by atoms with Crippen LogP contribution in [0.1, 0.15) is 17.2 Å². The SMILES string of the molecule is COc1cc(OC)cc([C@@H]2[C@@H](S(=O)(=O)N3CCN(Cc4ccccc4)CC3)CON2C)c1. The van der Waals surface area contributed by atoms with E-state index in [0.29, 0.717) is 37.7 Å². The molecule has 2 aliphatic rings. The maximum atomic E-state index is 13.6. The second kappa shape index (κ2) is 9.76. The van der Waals surface area contributed by atoms with Crippen molar-refractivity contribution < 1.29 is 22.7 Å². The van der Waals surface area contributed by atoms with E-state index < -0.39 is 21.3 Å². The summed E-state index contributed by atoms with van der Waals surface area (Å²) in [4.78, 5) is 7.99. The van der Waals surface area contributed by atoms with Crippen LogP contribution in [0.25, 0.3) is 0 Å². The van der Waals surface area contributed by atoms with Crippen molar-refractivity contribution in [3.8, 4) is 11.5 Å². The molecule has 0 aliphatic carbocycles. The van der Waals surface area contributed by atoms with Gasteiger partial charge in [0, 0.05) is 45.8 Å². The fourth-order valence-corrected chi connectivity index (χ4v) is 6.39. The number of ether oxygens (including phenoxy) is 2. The molecule has 2 aromatic rings. The second-order valence-corrected chi connectivity index (χ2v) is 10.3. The summed E-state index contributed by atoms with van der Waals surface area (Å²) < 4.78 is 39.6. The summed E-state index contributed by atoms with van der Waals surface area (Å²) in [5, 5.41) is 0.923. The highest BCUT2D eigenvalue weighted by molar-refractivity contribution is 7.89. The molecule has 0 unspecified atom stereocenters. The fourth-order valence-electron chi connectivity index (χ4n) is 4.45. The molecule has 0 saturated carbocycles. The fraction of sp³-hybridized carbons (Fsp3) is 0.478. The van der Waals surface area contributed by atoms with E-state index in [9.17, 15) is 8.42 Å². The van der Waals surface area contributed by atoms with Gasteiger partial charge in [0.25, 0.3) is 0 Å².